The van der Waals surface area contributed by atoms with E-state index in [1.165, 1.54) is 19.3 Å². The van der Waals surface area contributed by atoms with E-state index < -0.39 is 0 Å². The summed E-state index contributed by atoms with van der Waals surface area (Å²) in [5, 5.41) is 7.47. The summed E-state index contributed by atoms with van der Waals surface area (Å²) >= 11 is 3.51. The topological polar surface area (TPSA) is 76.1 Å². The molecule has 1 aliphatic carbocycles. The van der Waals surface area contributed by atoms with Crippen LogP contribution in [0.5, 0.6) is 5.75 Å². The van der Waals surface area contributed by atoms with E-state index >= 15 is 0 Å². The molecule has 0 spiro atoms. The van der Waals surface area contributed by atoms with Crippen molar-refractivity contribution in [2.75, 3.05) is 12.4 Å². The highest BCUT2D eigenvalue weighted by Crippen LogP contribution is 2.32. The average Bonchev–Trinajstić information content (AvgIpc) is 2.80. The summed E-state index contributed by atoms with van der Waals surface area (Å²) in [5.74, 6) is 0.563. The summed E-state index contributed by atoms with van der Waals surface area (Å²) in [6, 6.07) is 11.8. The highest BCUT2D eigenvalue weighted by atomic mass is 79.9. The van der Waals surface area contributed by atoms with Crippen molar-refractivity contribution >= 4 is 38.4 Å². The average molecular weight is 469 g/mol. The van der Waals surface area contributed by atoms with Gasteiger partial charge in [-0.2, -0.15) is 0 Å². The Kier molecular flexibility index (Phi) is 6.47. The minimum Gasteiger partial charge on any atom is -0.497 e. The zero-order chi connectivity index (χ0) is 20.9. The van der Waals surface area contributed by atoms with Gasteiger partial charge in [-0.3, -0.25) is 9.78 Å². The molecule has 1 aromatic carbocycles. The fourth-order valence-corrected chi connectivity index (χ4v) is 4.36. The van der Waals surface area contributed by atoms with Gasteiger partial charge in [-0.15, -0.1) is 0 Å². The Bertz CT molecular complexity index is 1030. The van der Waals surface area contributed by atoms with Crippen molar-refractivity contribution in [1.29, 1.82) is 0 Å². The first kappa shape index (κ1) is 20.6. The second-order valence-electron chi connectivity index (χ2n) is 7.54. The second-order valence-corrected chi connectivity index (χ2v) is 8.29. The number of methoxy groups -OCH3 is 1. The van der Waals surface area contributed by atoms with Crippen LogP contribution in [0, 0.1) is 0 Å². The molecule has 1 saturated carbocycles. The van der Waals surface area contributed by atoms with Gasteiger partial charge in [0.15, 0.2) is 5.69 Å². The van der Waals surface area contributed by atoms with E-state index in [0.717, 1.165) is 35.1 Å². The van der Waals surface area contributed by atoms with Gasteiger partial charge in [0.1, 0.15) is 10.4 Å². The zero-order valence-corrected chi connectivity index (χ0v) is 18.5. The van der Waals surface area contributed by atoms with Gasteiger partial charge in [-0.1, -0.05) is 31.4 Å². The van der Waals surface area contributed by atoms with Crippen LogP contribution in [-0.4, -0.2) is 29.0 Å². The lowest BCUT2D eigenvalue weighted by Crippen LogP contribution is -2.28. The van der Waals surface area contributed by atoms with Crippen molar-refractivity contribution in [3.05, 3.63) is 58.5 Å². The van der Waals surface area contributed by atoms with Crippen LogP contribution in [0.25, 0.3) is 10.9 Å². The van der Waals surface area contributed by atoms with Crippen LogP contribution in [0.2, 0.25) is 0 Å². The number of rotatable bonds is 6. The summed E-state index contributed by atoms with van der Waals surface area (Å²) in [6.07, 6.45) is 7.61. The Morgan fingerprint density at radius 2 is 1.93 bits per heavy atom. The quantitative estimate of drug-likeness (QED) is 0.493. The number of hydrogen-bond donors (Lipinski definition) is 2. The van der Waals surface area contributed by atoms with E-state index in [1.54, 1.807) is 13.3 Å². The van der Waals surface area contributed by atoms with E-state index in [2.05, 4.69) is 36.5 Å². The van der Waals surface area contributed by atoms with Crippen molar-refractivity contribution in [2.24, 2.45) is 0 Å². The van der Waals surface area contributed by atoms with Crippen LogP contribution in [0.1, 0.15) is 48.2 Å². The number of carbonyl (C=O) groups excluding carboxylic acids is 1. The Labute approximate surface area is 184 Å². The Morgan fingerprint density at radius 1 is 1.17 bits per heavy atom. The third-order valence-electron chi connectivity index (χ3n) is 5.49. The number of benzene rings is 1. The molecule has 156 valence electrons. The Morgan fingerprint density at radius 3 is 2.67 bits per heavy atom. The molecule has 0 saturated heterocycles. The number of ether oxygens (including phenoxy) is 1. The third kappa shape index (κ3) is 4.56. The molecule has 0 atom stereocenters. The lowest BCUT2D eigenvalue weighted by molar-refractivity contribution is 0.0946. The van der Waals surface area contributed by atoms with E-state index in [9.17, 15) is 4.79 Å². The first-order chi connectivity index (χ1) is 14.7. The van der Waals surface area contributed by atoms with Gasteiger partial charge in [0.2, 0.25) is 0 Å². The molecule has 1 fully saturated rings. The fourth-order valence-electron chi connectivity index (χ4n) is 3.86. The van der Waals surface area contributed by atoms with Crippen molar-refractivity contribution in [2.45, 2.75) is 44.7 Å². The normalized spacial score (nSPS) is 14.5. The minimum absolute atomic E-state index is 0.225. The molecule has 3 aromatic rings. The maximum Gasteiger partial charge on any atom is 0.272 e. The number of hydrogen-bond acceptors (Lipinski definition) is 5. The highest BCUT2D eigenvalue weighted by molar-refractivity contribution is 9.10. The third-order valence-corrected chi connectivity index (χ3v) is 6.10. The van der Waals surface area contributed by atoms with Crippen LogP contribution in [0.3, 0.4) is 0 Å². The van der Waals surface area contributed by atoms with Crippen LogP contribution >= 0.6 is 15.9 Å². The molecule has 0 bridgehead atoms. The summed E-state index contributed by atoms with van der Waals surface area (Å²) in [6.45, 7) is 0.408. The zero-order valence-electron chi connectivity index (χ0n) is 17.0. The predicted molar refractivity (Wildman–Crippen MR) is 122 cm³/mol. The van der Waals surface area contributed by atoms with Gasteiger partial charge in [-0.05, 0) is 58.6 Å². The van der Waals surface area contributed by atoms with E-state index in [4.69, 9.17) is 4.74 Å². The predicted octanol–water partition coefficient (Wildman–Crippen LogP) is 5.08. The molecule has 1 amide bonds. The molecule has 7 heteroatoms. The highest BCUT2D eigenvalue weighted by Gasteiger charge is 2.23. The monoisotopic (exact) mass is 468 g/mol. The molecule has 1 aliphatic rings. The van der Waals surface area contributed by atoms with Gasteiger partial charge in [0.05, 0.1) is 18.3 Å². The van der Waals surface area contributed by atoms with E-state index in [0.29, 0.717) is 28.6 Å². The fraction of sp³-hybridized carbons (Fsp3) is 0.348. The Hall–Kier alpha value is -2.67. The number of nitrogens with one attached hydrogen (secondary N) is 2. The first-order valence-electron chi connectivity index (χ1n) is 10.3. The summed E-state index contributed by atoms with van der Waals surface area (Å²) in [7, 11) is 1.63. The number of nitrogens with zero attached hydrogens (tertiary/aromatic N) is 2. The van der Waals surface area contributed by atoms with Crippen LogP contribution in [0.15, 0.2) is 47.2 Å². The number of fused-ring (bicyclic) bond motifs is 1. The number of amides is 1. The SMILES string of the molecule is COc1ccc(CNC(=O)c2nc(Br)c3cccnc3c2NC2CCCCC2)cc1. The number of pyridine rings is 2. The molecular formula is C23H25BrN4O2. The minimum atomic E-state index is -0.225. The van der Waals surface area contributed by atoms with Gasteiger partial charge in [-0.25, -0.2) is 4.98 Å². The number of halogens is 1. The van der Waals surface area contributed by atoms with Gasteiger partial charge < -0.3 is 15.4 Å². The van der Waals surface area contributed by atoms with Crippen molar-refractivity contribution in [3.63, 3.8) is 0 Å². The van der Waals surface area contributed by atoms with Crippen molar-refractivity contribution in [3.8, 4) is 5.75 Å². The lowest BCUT2D eigenvalue weighted by Gasteiger charge is -2.25. The second kappa shape index (κ2) is 9.43. The Balaban J connectivity index is 1.62. The first-order valence-corrected chi connectivity index (χ1v) is 11.1. The van der Waals surface area contributed by atoms with E-state index in [1.807, 2.05) is 36.4 Å². The number of aromatic nitrogens is 2. The summed E-state index contributed by atoms with van der Waals surface area (Å²) in [5.41, 5.74) is 2.84. The molecule has 2 aromatic heterocycles. The maximum atomic E-state index is 13.1. The number of carbonyl (C=O) groups is 1. The molecule has 2 heterocycles. The largest absolute Gasteiger partial charge is 0.497 e. The maximum absolute atomic E-state index is 13.1. The molecule has 6 nitrogen and oxygen atoms in total. The lowest BCUT2D eigenvalue weighted by atomic mass is 9.95. The van der Waals surface area contributed by atoms with E-state index in [-0.39, 0.29) is 5.91 Å². The van der Waals surface area contributed by atoms with Crippen LogP contribution in [-0.2, 0) is 6.54 Å². The standard InChI is InChI=1S/C23H25BrN4O2/c1-30-17-11-9-15(10-12-17)14-26-23(29)21-20(27-16-6-3-2-4-7-16)19-18(22(24)28-21)8-5-13-25-19/h5,8-13,16,27H,2-4,6-7,14H2,1H3,(H,26,29). The molecule has 30 heavy (non-hydrogen) atoms. The molecular weight excluding hydrogens is 444 g/mol. The molecule has 0 aliphatic heterocycles. The molecule has 2 N–H and O–H groups in total. The molecule has 4 rings (SSSR count). The van der Waals surface area contributed by atoms with Gasteiger partial charge in [0, 0.05) is 24.2 Å². The summed E-state index contributed by atoms with van der Waals surface area (Å²) < 4.78 is 5.81. The molecule has 0 unspecified atom stereocenters. The summed E-state index contributed by atoms with van der Waals surface area (Å²) in [4.78, 5) is 22.3. The van der Waals surface area contributed by atoms with Crippen LogP contribution in [0.4, 0.5) is 5.69 Å². The van der Waals surface area contributed by atoms with Crippen LogP contribution < -0.4 is 15.4 Å². The van der Waals surface area contributed by atoms with Gasteiger partial charge >= 0.3 is 0 Å². The molecule has 0 radical (unpaired) electrons. The smallest absolute Gasteiger partial charge is 0.272 e. The number of anilines is 1. The van der Waals surface area contributed by atoms with Gasteiger partial charge in [0.25, 0.3) is 5.91 Å². The van der Waals surface area contributed by atoms with Crippen molar-refractivity contribution < 1.29 is 9.53 Å². The van der Waals surface area contributed by atoms with Crippen molar-refractivity contribution in [1.82, 2.24) is 15.3 Å².